The fraction of sp³-hybridized carbons (Fsp3) is 0.375. The summed E-state index contributed by atoms with van der Waals surface area (Å²) in [7, 11) is 0. The van der Waals surface area contributed by atoms with E-state index >= 15 is 0 Å². The molecule has 0 saturated heterocycles. The summed E-state index contributed by atoms with van der Waals surface area (Å²) in [5, 5.41) is 5.70. The third-order valence-electron chi connectivity index (χ3n) is 3.35. The van der Waals surface area contributed by atoms with Gasteiger partial charge >= 0.3 is 0 Å². The number of carbonyl (C=O) groups excluding carboxylic acids is 1. The highest BCUT2D eigenvalue weighted by Gasteiger charge is 2.17. The third-order valence-corrected chi connectivity index (χ3v) is 4.02. The molecule has 0 spiro atoms. The smallest absolute Gasteiger partial charge is 0.143 e. The number of aryl methyl sites for hydroxylation is 2. The Kier molecular flexibility index (Phi) is 5.43. The summed E-state index contributed by atoms with van der Waals surface area (Å²) in [6.07, 6.45) is 1.42. The Balaban J connectivity index is 2.14. The first kappa shape index (κ1) is 16.1. The van der Waals surface area contributed by atoms with Crippen LogP contribution in [0.2, 0.25) is 10.0 Å². The molecule has 0 bridgehead atoms. The van der Waals surface area contributed by atoms with Gasteiger partial charge in [-0.2, -0.15) is 5.10 Å². The van der Waals surface area contributed by atoms with Crippen molar-refractivity contribution < 1.29 is 4.79 Å². The van der Waals surface area contributed by atoms with E-state index < -0.39 is 0 Å². The Morgan fingerprint density at radius 2 is 2.00 bits per heavy atom. The molecule has 1 aromatic heterocycles. The third kappa shape index (κ3) is 3.86. The summed E-state index contributed by atoms with van der Waals surface area (Å²) in [4.78, 5) is 12.3. The molecule has 0 aliphatic rings. The van der Waals surface area contributed by atoms with Crippen LogP contribution < -0.4 is 0 Å². The maximum atomic E-state index is 12.3. The SMILES string of the molecule is CCc1nn(CC)c(CC(=O)Cc2cccc(Cl)c2)c1Cl. The van der Waals surface area contributed by atoms with Gasteiger partial charge in [0.2, 0.25) is 0 Å². The number of aromatic nitrogens is 2. The number of hydrogen-bond donors (Lipinski definition) is 0. The number of benzene rings is 1. The van der Waals surface area contributed by atoms with Crippen LogP contribution in [0.15, 0.2) is 24.3 Å². The van der Waals surface area contributed by atoms with Crippen LogP contribution in [-0.4, -0.2) is 15.6 Å². The van der Waals surface area contributed by atoms with Gasteiger partial charge in [-0.05, 0) is 31.0 Å². The molecule has 0 radical (unpaired) electrons. The molecule has 1 heterocycles. The fourth-order valence-corrected chi connectivity index (χ4v) is 2.86. The van der Waals surface area contributed by atoms with E-state index in [1.54, 1.807) is 6.07 Å². The number of nitrogens with zero attached hydrogens (tertiary/aromatic N) is 2. The lowest BCUT2D eigenvalue weighted by Crippen LogP contribution is -2.11. The molecule has 0 aliphatic heterocycles. The van der Waals surface area contributed by atoms with Crippen LogP contribution in [-0.2, 0) is 30.6 Å². The Hall–Kier alpha value is -1.32. The van der Waals surface area contributed by atoms with Gasteiger partial charge in [0.1, 0.15) is 5.78 Å². The summed E-state index contributed by atoms with van der Waals surface area (Å²) in [6, 6.07) is 7.37. The summed E-state index contributed by atoms with van der Waals surface area (Å²) in [5.41, 5.74) is 2.58. The minimum Gasteiger partial charge on any atom is -0.299 e. The zero-order chi connectivity index (χ0) is 15.4. The number of ketones is 1. The van der Waals surface area contributed by atoms with Crippen molar-refractivity contribution in [2.45, 2.75) is 39.7 Å². The van der Waals surface area contributed by atoms with Crippen molar-refractivity contribution in [2.24, 2.45) is 0 Å². The van der Waals surface area contributed by atoms with E-state index in [0.29, 0.717) is 29.4 Å². The minimum absolute atomic E-state index is 0.108. The predicted molar refractivity (Wildman–Crippen MR) is 86.2 cm³/mol. The van der Waals surface area contributed by atoms with Crippen molar-refractivity contribution in [2.75, 3.05) is 0 Å². The summed E-state index contributed by atoms with van der Waals surface area (Å²) < 4.78 is 1.82. The van der Waals surface area contributed by atoms with E-state index in [1.165, 1.54) is 0 Å². The van der Waals surface area contributed by atoms with Crippen LogP contribution in [0.5, 0.6) is 0 Å². The van der Waals surface area contributed by atoms with Crippen molar-refractivity contribution in [3.63, 3.8) is 0 Å². The first-order valence-corrected chi connectivity index (χ1v) is 7.80. The second-order valence-electron chi connectivity index (χ2n) is 4.90. The van der Waals surface area contributed by atoms with Gasteiger partial charge in [-0.15, -0.1) is 0 Å². The molecule has 0 unspecified atom stereocenters. The van der Waals surface area contributed by atoms with E-state index in [9.17, 15) is 4.79 Å². The summed E-state index contributed by atoms with van der Waals surface area (Å²) in [6.45, 7) is 4.71. The highest BCUT2D eigenvalue weighted by molar-refractivity contribution is 6.32. The van der Waals surface area contributed by atoms with Crippen LogP contribution in [0.1, 0.15) is 30.8 Å². The second-order valence-corrected chi connectivity index (χ2v) is 5.71. The number of rotatable bonds is 6. The van der Waals surface area contributed by atoms with E-state index in [4.69, 9.17) is 23.2 Å². The van der Waals surface area contributed by atoms with Gasteiger partial charge in [0, 0.05) is 18.0 Å². The second kappa shape index (κ2) is 7.10. The lowest BCUT2D eigenvalue weighted by molar-refractivity contribution is -0.117. The normalized spacial score (nSPS) is 10.9. The zero-order valence-corrected chi connectivity index (χ0v) is 13.7. The highest BCUT2D eigenvalue weighted by Crippen LogP contribution is 2.23. The first-order valence-electron chi connectivity index (χ1n) is 7.05. The van der Waals surface area contributed by atoms with Crippen LogP contribution in [0.4, 0.5) is 0 Å². The van der Waals surface area contributed by atoms with Gasteiger partial charge in [0.05, 0.1) is 22.8 Å². The lowest BCUT2D eigenvalue weighted by atomic mass is 10.1. The van der Waals surface area contributed by atoms with Crippen LogP contribution >= 0.6 is 23.2 Å². The molecule has 112 valence electrons. The Morgan fingerprint density at radius 3 is 2.62 bits per heavy atom. The van der Waals surface area contributed by atoms with Crippen molar-refractivity contribution in [3.8, 4) is 0 Å². The molecular formula is C16H18Cl2N2O. The molecule has 3 nitrogen and oxygen atoms in total. The molecule has 0 atom stereocenters. The quantitative estimate of drug-likeness (QED) is 0.800. The number of halogens is 2. The molecule has 0 aliphatic carbocycles. The van der Waals surface area contributed by atoms with Crippen LogP contribution in [0, 0.1) is 0 Å². The topological polar surface area (TPSA) is 34.9 Å². The van der Waals surface area contributed by atoms with Crippen molar-refractivity contribution in [1.82, 2.24) is 9.78 Å². The molecule has 0 amide bonds. The average molecular weight is 325 g/mol. The van der Waals surface area contributed by atoms with Crippen LogP contribution in [0.25, 0.3) is 0 Å². The first-order chi connectivity index (χ1) is 10.0. The van der Waals surface area contributed by atoms with Gasteiger partial charge in [0.15, 0.2) is 0 Å². The fourth-order valence-electron chi connectivity index (χ4n) is 2.31. The molecule has 0 saturated carbocycles. The van der Waals surface area contributed by atoms with Crippen molar-refractivity contribution >= 4 is 29.0 Å². The summed E-state index contributed by atoms with van der Waals surface area (Å²) >= 11 is 12.3. The van der Waals surface area contributed by atoms with Gasteiger partial charge in [0.25, 0.3) is 0 Å². The van der Waals surface area contributed by atoms with Gasteiger partial charge < -0.3 is 0 Å². The van der Waals surface area contributed by atoms with Gasteiger partial charge in [-0.3, -0.25) is 9.48 Å². The lowest BCUT2D eigenvalue weighted by Gasteiger charge is -2.05. The molecule has 2 rings (SSSR count). The van der Waals surface area contributed by atoms with Crippen molar-refractivity contribution in [1.29, 1.82) is 0 Å². The maximum absolute atomic E-state index is 12.3. The van der Waals surface area contributed by atoms with E-state index in [-0.39, 0.29) is 5.78 Å². The van der Waals surface area contributed by atoms with Crippen molar-refractivity contribution in [3.05, 3.63) is 51.3 Å². The molecular weight excluding hydrogens is 307 g/mol. The van der Waals surface area contributed by atoms with Gasteiger partial charge in [-0.1, -0.05) is 42.3 Å². The Bertz CT molecular complexity index is 650. The molecule has 0 fully saturated rings. The molecule has 5 heteroatoms. The zero-order valence-electron chi connectivity index (χ0n) is 12.2. The average Bonchev–Trinajstić information content (AvgIpc) is 2.75. The molecule has 1 aromatic carbocycles. The minimum atomic E-state index is 0.108. The molecule has 2 aromatic rings. The number of carbonyl (C=O) groups is 1. The largest absolute Gasteiger partial charge is 0.299 e. The molecule has 0 N–H and O–H groups in total. The Labute approximate surface area is 134 Å². The van der Waals surface area contributed by atoms with E-state index in [0.717, 1.165) is 23.4 Å². The monoisotopic (exact) mass is 324 g/mol. The maximum Gasteiger partial charge on any atom is 0.143 e. The highest BCUT2D eigenvalue weighted by atomic mass is 35.5. The molecule has 21 heavy (non-hydrogen) atoms. The summed E-state index contributed by atoms with van der Waals surface area (Å²) in [5.74, 6) is 0.108. The number of hydrogen-bond acceptors (Lipinski definition) is 2. The van der Waals surface area contributed by atoms with E-state index in [2.05, 4.69) is 5.10 Å². The number of Topliss-reactive ketones (excluding diaryl/α,β-unsaturated/α-hetero) is 1. The predicted octanol–water partition coefficient (Wildman–Crippen LogP) is 4.13. The van der Waals surface area contributed by atoms with E-state index in [1.807, 2.05) is 36.7 Å². The van der Waals surface area contributed by atoms with Crippen LogP contribution in [0.3, 0.4) is 0 Å². The standard InChI is InChI=1S/C16H18Cl2N2O/c1-3-14-16(18)15(20(4-2)19-14)10-13(21)9-11-6-5-7-12(17)8-11/h5-8H,3-4,9-10H2,1-2H3. The Morgan fingerprint density at radius 1 is 1.24 bits per heavy atom. The van der Waals surface area contributed by atoms with Gasteiger partial charge in [-0.25, -0.2) is 0 Å².